The lowest BCUT2D eigenvalue weighted by atomic mass is 9.87. The molecule has 0 N–H and O–H groups in total. The van der Waals surface area contributed by atoms with E-state index >= 15 is 0 Å². The lowest BCUT2D eigenvalue weighted by molar-refractivity contribution is -0.182. The molecule has 0 spiro atoms. The van der Waals surface area contributed by atoms with Crippen molar-refractivity contribution in [2.45, 2.75) is 24.7 Å². The lowest BCUT2D eigenvalue weighted by Gasteiger charge is -2.27. The van der Waals surface area contributed by atoms with Gasteiger partial charge in [0.2, 0.25) is 0 Å². The van der Waals surface area contributed by atoms with Gasteiger partial charge in [0, 0.05) is 21.9 Å². The van der Waals surface area contributed by atoms with Crippen molar-refractivity contribution in [2.75, 3.05) is 0 Å². The van der Waals surface area contributed by atoms with Crippen LogP contribution in [0.15, 0.2) is 72.8 Å². The zero-order valence-electron chi connectivity index (χ0n) is 20.4. The zero-order chi connectivity index (χ0) is 30.8. The summed E-state index contributed by atoms with van der Waals surface area (Å²) in [4.78, 5) is 0. The molecule has 0 fully saturated rings. The minimum Gasteiger partial charge on any atom is -0.166 e. The van der Waals surface area contributed by atoms with Crippen LogP contribution in [-0.2, 0) is 24.7 Å². The van der Waals surface area contributed by atoms with Crippen molar-refractivity contribution in [1.82, 2.24) is 10.2 Å². The summed E-state index contributed by atoms with van der Waals surface area (Å²) in [7, 11) is 0. The van der Waals surface area contributed by atoms with Crippen LogP contribution in [0, 0.1) is 0 Å². The Bertz CT molecular complexity index is 1820. The Morgan fingerprint density at radius 1 is 0.429 bits per heavy atom. The minimum atomic E-state index is -6.51. The lowest BCUT2D eigenvalue weighted by Crippen LogP contribution is -2.28. The summed E-state index contributed by atoms with van der Waals surface area (Å²) in [6.45, 7) is 0. The summed E-state index contributed by atoms with van der Waals surface area (Å²) in [5, 5.41) is 7.86. The third-order valence-corrected chi connectivity index (χ3v) is 6.43. The van der Waals surface area contributed by atoms with E-state index in [2.05, 4.69) is 10.2 Å². The van der Waals surface area contributed by atoms with Gasteiger partial charge in [-0.2, -0.15) is 52.7 Å². The molecule has 0 saturated heterocycles. The van der Waals surface area contributed by atoms with Crippen molar-refractivity contribution in [1.29, 1.82) is 0 Å². The van der Waals surface area contributed by atoms with Crippen LogP contribution in [0.25, 0.3) is 44.1 Å². The molecule has 2 nitrogen and oxygen atoms in total. The molecular formula is C28H12F12N2. The van der Waals surface area contributed by atoms with E-state index in [4.69, 9.17) is 0 Å². The highest BCUT2D eigenvalue weighted by atomic mass is 19.4. The third kappa shape index (κ3) is 5.09. The van der Waals surface area contributed by atoms with Crippen LogP contribution < -0.4 is 0 Å². The summed E-state index contributed by atoms with van der Waals surface area (Å²) in [6, 6.07) is 16.0. The average molecular weight is 604 g/mol. The Morgan fingerprint density at radius 3 is 1.36 bits per heavy atom. The summed E-state index contributed by atoms with van der Waals surface area (Å²) in [5.74, 6) is 0. The Hall–Kier alpha value is -4.36. The van der Waals surface area contributed by atoms with Crippen molar-refractivity contribution >= 4 is 21.5 Å². The molecule has 1 heterocycles. The average Bonchev–Trinajstić information content (AvgIpc) is 2.88. The van der Waals surface area contributed by atoms with Crippen LogP contribution in [0.2, 0.25) is 0 Å². The van der Waals surface area contributed by atoms with Gasteiger partial charge >= 0.3 is 24.7 Å². The molecule has 0 amide bonds. The molecule has 0 saturated carbocycles. The molecule has 1 aromatic heterocycles. The molecule has 0 aliphatic rings. The summed E-state index contributed by atoms with van der Waals surface area (Å²) < 4.78 is 168. The fraction of sp³-hybridized carbons (Fsp3) is 0.143. The molecule has 42 heavy (non-hydrogen) atoms. The molecule has 218 valence electrons. The number of hydrogen-bond donors (Lipinski definition) is 0. The first-order chi connectivity index (χ1) is 19.4. The maximum Gasteiger partial charge on any atom is 0.417 e. The standard InChI is InChI=1S/C28H12F12N2/c29-25(30,31)19-12-18(20(26(32,33)34)22(28(38,39)40)21(19)27(35,36)37)24-17-11-15-9-5-4-8-14(15)10-16(17)23(41-42-24)13-6-2-1-3-7-13/h1-12H. The number of aromatic nitrogens is 2. The SMILES string of the molecule is FC(F)(F)c1cc(-c2nnc(-c3ccccc3)c3cc4ccccc4cc23)c(C(F)(F)F)c(C(F)(F)F)c1C(F)(F)F. The minimum absolute atomic E-state index is 0.0139. The van der Waals surface area contributed by atoms with Crippen molar-refractivity contribution < 1.29 is 52.7 Å². The maximum absolute atomic E-state index is 14.3. The number of benzene rings is 4. The van der Waals surface area contributed by atoms with Gasteiger partial charge in [-0.1, -0.05) is 54.6 Å². The molecule has 0 bridgehead atoms. The van der Waals surface area contributed by atoms with Gasteiger partial charge in [0.1, 0.15) is 11.4 Å². The van der Waals surface area contributed by atoms with Crippen LogP contribution in [0.3, 0.4) is 0 Å². The van der Waals surface area contributed by atoms with Crippen molar-refractivity contribution in [2.24, 2.45) is 0 Å². The topological polar surface area (TPSA) is 25.8 Å². The van der Waals surface area contributed by atoms with E-state index in [1.807, 2.05) is 0 Å². The second-order valence-electron chi connectivity index (χ2n) is 9.10. The molecule has 4 aromatic carbocycles. The van der Waals surface area contributed by atoms with Gasteiger partial charge in [0.25, 0.3) is 0 Å². The van der Waals surface area contributed by atoms with Gasteiger partial charge in [-0.05, 0) is 29.0 Å². The van der Waals surface area contributed by atoms with Gasteiger partial charge in [0.05, 0.1) is 22.3 Å². The Morgan fingerprint density at radius 2 is 0.881 bits per heavy atom. The van der Waals surface area contributed by atoms with Gasteiger partial charge in [-0.25, -0.2) is 0 Å². The van der Waals surface area contributed by atoms with E-state index in [1.54, 1.807) is 30.3 Å². The number of rotatable bonds is 2. The number of nitrogens with zero attached hydrogens (tertiary/aromatic N) is 2. The predicted molar refractivity (Wildman–Crippen MR) is 128 cm³/mol. The molecule has 5 aromatic rings. The Balaban J connectivity index is 2.04. The molecule has 0 unspecified atom stereocenters. The quantitative estimate of drug-likeness (QED) is 0.148. The molecule has 0 atom stereocenters. The van der Waals surface area contributed by atoms with E-state index in [-0.39, 0.29) is 16.5 Å². The summed E-state index contributed by atoms with van der Waals surface area (Å²) >= 11 is 0. The van der Waals surface area contributed by atoms with E-state index in [9.17, 15) is 52.7 Å². The van der Waals surface area contributed by atoms with E-state index < -0.39 is 64.3 Å². The number of hydrogen-bond acceptors (Lipinski definition) is 2. The van der Waals surface area contributed by atoms with Crippen LogP contribution in [0.5, 0.6) is 0 Å². The highest BCUT2D eigenvalue weighted by molar-refractivity contribution is 6.08. The fourth-order valence-electron chi connectivity index (χ4n) is 4.81. The van der Waals surface area contributed by atoms with Gasteiger partial charge in [-0.15, -0.1) is 10.2 Å². The molecule has 5 rings (SSSR count). The Kier molecular flexibility index (Phi) is 6.66. The molecule has 0 aliphatic heterocycles. The molecule has 0 radical (unpaired) electrons. The highest BCUT2D eigenvalue weighted by Gasteiger charge is 2.56. The molecule has 14 heteroatoms. The third-order valence-electron chi connectivity index (χ3n) is 6.43. The maximum atomic E-state index is 14.3. The first kappa shape index (κ1) is 29.1. The summed E-state index contributed by atoms with van der Waals surface area (Å²) in [6.07, 6.45) is -25.3. The summed E-state index contributed by atoms with van der Waals surface area (Å²) in [5.41, 5.74) is -15.5. The van der Waals surface area contributed by atoms with Crippen molar-refractivity contribution in [3.8, 4) is 22.5 Å². The highest BCUT2D eigenvalue weighted by Crippen LogP contribution is 2.54. The predicted octanol–water partition coefficient (Wildman–Crippen LogP) is 10.2. The normalized spacial score (nSPS) is 13.2. The van der Waals surface area contributed by atoms with E-state index in [0.717, 1.165) is 0 Å². The van der Waals surface area contributed by atoms with Gasteiger partial charge < -0.3 is 0 Å². The fourth-order valence-corrected chi connectivity index (χ4v) is 4.81. The van der Waals surface area contributed by atoms with Crippen molar-refractivity contribution in [3.63, 3.8) is 0 Å². The van der Waals surface area contributed by atoms with Crippen LogP contribution in [0.4, 0.5) is 52.7 Å². The first-order valence-electron chi connectivity index (χ1n) is 11.6. The van der Waals surface area contributed by atoms with Crippen molar-refractivity contribution in [3.05, 3.63) is 95.1 Å². The Labute approximate surface area is 227 Å². The van der Waals surface area contributed by atoms with E-state index in [0.29, 0.717) is 16.3 Å². The monoisotopic (exact) mass is 604 g/mol. The second-order valence-corrected chi connectivity index (χ2v) is 9.10. The van der Waals surface area contributed by atoms with E-state index in [1.165, 1.54) is 36.4 Å². The van der Waals surface area contributed by atoms with Crippen LogP contribution in [-0.4, -0.2) is 10.2 Å². The first-order valence-corrected chi connectivity index (χ1v) is 11.6. The number of alkyl halides is 12. The largest absolute Gasteiger partial charge is 0.417 e. The zero-order valence-corrected chi connectivity index (χ0v) is 20.4. The number of halogens is 12. The van der Waals surface area contributed by atoms with Gasteiger partial charge in [-0.3, -0.25) is 0 Å². The van der Waals surface area contributed by atoms with Gasteiger partial charge in [0.15, 0.2) is 0 Å². The second kappa shape index (κ2) is 9.60. The smallest absolute Gasteiger partial charge is 0.166 e. The molecule has 0 aliphatic carbocycles. The molecular weight excluding hydrogens is 592 g/mol. The number of fused-ring (bicyclic) bond motifs is 2. The van der Waals surface area contributed by atoms with Crippen LogP contribution >= 0.6 is 0 Å². The van der Waals surface area contributed by atoms with Crippen LogP contribution in [0.1, 0.15) is 22.3 Å².